The van der Waals surface area contributed by atoms with Gasteiger partial charge < -0.3 is 4.90 Å². The normalized spacial score (nSPS) is 16.7. The third-order valence-corrected chi connectivity index (χ3v) is 3.48. The summed E-state index contributed by atoms with van der Waals surface area (Å²) < 4.78 is 0. The fourth-order valence-electron chi connectivity index (χ4n) is 2.15. The predicted molar refractivity (Wildman–Crippen MR) is 75.7 cm³/mol. The number of nitrogens with zero attached hydrogens (tertiary/aromatic N) is 2. The van der Waals surface area contributed by atoms with Gasteiger partial charge in [0.1, 0.15) is 0 Å². The van der Waals surface area contributed by atoms with Crippen LogP contribution in [-0.2, 0) is 4.79 Å². The summed E-state index contributed by atoms with van der Waals surface area (Å²) in [6, 6.07) is 0. The Kier molecular flexibility index (Phi) is 7.65. The Morgan fingerprint density at radius 2 is 1.94 bits per heavy atom. The van der Waals surface area contributed by atoms with Crippen molar-refractivity contribution in [2.24, 2.45) is 5.10 Å². The maximum absolute atomic E-state index is 11.5. The van der Waals surface area contributed by atoms with E-state index in [-0.39, 0.29) is 5.91 Å². The molecule has 0 bridgehead atoms. The summed E-state index contributed by atoms with van der Waals surface area (Å²) in [7, 11) is 0. The van der Waals surface area contributed by atoms with Crippen molar-refractivity contribution < 1.29 is 4.79 Å². The average molecular weight is 253 g/mol. The number of carbonyl (C=O) groups is 1. The number of hydrogen-bond donors (Lipinski definition) is 1. The van der Waals surface area contributed by atoms with Crippen molar-refractivity contribution in [2.45, 2.75) is 58.8 Å². The average Bonchev–Trinajstić information content (AvgIpc) is 2.42. The largest absolute Gasteiger partial charge is 0.303 e. The molecule has 0 radical (unpaired) electrons. The molecule has 1 rings (SSSR count). The number of hydrogen-bond acceptors (Lipinski definition) is 3. The minimum Gasteiger partial charge on any atom is -0.303 e. The van der Waals surface area contributed by atoms with Gasteiger partial charge in [-0.15, -0.1) is 0 Å². The van der Waals surface area contributed by atoms with Crippen LogP contribution >= 0.6 is 0 Å². The standard InChI is InChI=1S/C14H27N3O/c1-3-5-6-7-8-14(18)16-15-13-9-11-17(4-2)12-10-13/h3-12H2,1-2H3,(H,16,18). The molecule has 0 aromatic heterocycles. The molecule has 1 saturated heterocycles. The van der Waals surface area contributed by atoms with Crippen LogP contribution in [0.5, 0.6) is 0 Å². The van der Waals surface area contributed by atoms with Crippen LogP contribution in [0.25, 0.3) is 0 Å². The van der Waals surface area contributed by atoms with E-state index in [1.54, 1.807) is 0 Å². The zero-order chi connectivity index (χ0) is 13.2. The quantitative estimate of drug-likeness (QED) is 0.560. The van der Waals surface area contributed by atoms with Crippen molar-refractivity contribution in [2.75, 3.05) is 19.6 Å². The lowest BCUT2D eigenvalue weighted by Crippen LogP contribution is -2.34. The molecule has 4 nitrogen and oxygen atoms in total. The van der Waals surface area contributed by atoms with Crippen LogP contribution in [0.15, 0.2) is 5.10 Å². The SMILES string of the molecule is CCCCCCC(=O)NN=C1CCN(CC)CC1. The van der Waals surface area contributed by atoms with Crippen LogP contribution in [0, 0.1) is 0 Å². The summed E-state index contributed by atoms with van der Waals surface area (Å²) in [5.41, 5.74) is 3.83. The lowest BCUT2D eigenvalue weighted by molar-refractivity contribution is -0.121. The zero-order valence-corrected chi connectivity index (χ0v) is 11.9. The van der Waals surface area contributed by atoms with Gasteiger partial charge in [0.2, 0.25) is 5.91 Å². The molecule has 0 aromatic carbocycles. The Balaban J connectivity index is 2.13. The summed E-state index contributed by atoms with van der Waals surface area (Å²) in [6.07, 6.45) is 7.14. The lowest BCUT2D eigenvalue weighted by Gasteiger charge is -2.25. The summed E-state index contributed by atoms with van der Waals surface area (Å²) in [4.78, 5) is 13.9. The first-order valence-electron chi connectivity index (χ1n) is 7.32. The molecule has 0 atom stereocenters. The molecule has 104 valence electrons. The smallest absolute Gasteiger partial charge is 0.240 e. The molecule has 18 heavy (non-hydrogen) atoms. The maximum Gasteiger partial charge on any atom is 0.240 e. The number of piperidine rings is 1. The van der Waals surface area contributed by atoms with E-state index in [9.17, 15) is 4.79 Å². The highest BCUT2D eigenvalue weighted by Gasteiger charge is 2.13. The number of unbranched alkanes of at least 4 members (excludes halogenated alkanes) is 3. The summed E-state index contributed by atoms with van der Waals surface area (Å²) in [5, 5.41) is 4.24. The van der Waals surface area contributed by atoms with Crippen LogP contribution in [0.3, 0.4) is 0 Å². The first-order valence-corrected chi connectivity index (χ1v) is 7.32. The number of hydrazone groups is 1. The molecule has 1 heterocycles. The van der Waals surface area contributed by atoms with Crippen LogP contribution < -0.4 is 5.43 Å². The van der Waals surface area contributed by atoms with E-state index >= 15 is 0 Å². The third kappa shape index (κ3) is 6.15. The van der Waals surface area contributed by atoms with Crippen LogP contribution in [0.2, 0.25) is 0 Å². The van der Waals surface area contributed by atoms with E-state index in [1.807, 2.05) is 0 Å². The molecular formula is C14H27N3O. The number of carbonyl (C=O) groups excluding carboxylic acids is 1. The maximum atomic E-state index is 11.5. The fraction of sp³-hybridized carbons (Fsp3) is 0.857. The second kappa shape index (κ2) is 9.09. The van der Waals surface area contributed by atoms with Crippen molar-refractivity contribution in [3.8, 4) is 0 Å². The highest BCUT2D eigenvalue weighted by molar-refractivity contribution is 5.87. The van der Waals surface area contributed by atoms with Gasteiger partial charge in [0.05, 0.1) is 0 Å². The molecule has 0 spiro atoms. The Morgan fingerprint density at radius 1 is 1.22 bits per heavy atom. The molecule has 1 fully saturated rings. The molecular weight excluding hydrogens is 226 g/mol. The summed E-state index contributed by atoms with van der Waals surface area (Å²) in [6.45, 7) is 7.61. The van der Waals surface area contributed by atoms with Gasteiger partial charge in [-0.3, -0.25) is 4.79 Å². The first kappa shape index (κ1) is 15.2. The van der Waals surface area contributed by atoms with E-state index in [0.29, 0.717) is 6.42 Å². The number of amides is 1. The highest BCUT2D eigenvalue weighted by atomic mass is 16.2. The number of nitrogens with one attached hydrogen (secondary N) is 1. The van der Waals surface area contributed by atoms with Gasteiger partial charge in [-0.2, -0.15) is 5.10 Å². The van der Waals surface area contributed by atoms with E-state index in [0.717, 1.165) is 51.0 Å². The van der Waals surface area contributed by atoms with E-state index in [2.05, 4.69) is 29.3 Å². The molecule has 0 aromatic rings. The summed E-state index contributed by atoms with van der Waals surface area (Å²) >= 11 is 0. The Bertz CT molecular complexity index is 266. The van der Waals surface area contributed by atoms with Crippen molar-refractivity contribution in [1.82, 2.24) is 10.3 Å². The Morgan fingerprint density at radius 3 is 2.56 bits per heavy atom. The van der Waals surface area contributed by atoms with Crippen molar-refractivity contribution in [3.05, 3.63) is 0 Å². The number of likely N-dealkylation sites (tertiary alicyclic amines) is 1. The number of rotatable bonds is 7. The van der Waals surface area contributed by atoms with Crippen molar-refractivity contribution in [3.63, 3.8) is 0 Å². The zero-order valence-electron chi connectivity index (χ0n) is 11.9. The van der Waals surface area contributed by atoms with E-state index in [4.69, 9.17) is 0 Å². The van der Waals surface area contributed by atoms with Crippen LogP contribution in [-0.4, -0.2) is 36.2 Å². The molecule has 4 heteroatoms. The highest BCUT2D eigenvalue weighted by Crippen LogP contribution is 2.06. The monoisotopic (exact) mass is 253 g/mol. The van der Waals surface area contributed by atoms with Gasteiger partial charge in [-0.05, 0) is 13.0 Å². The Hall–Kier alpha value is -0.900. The third-order valence-electron chi connectivity index (χ3n) is 3.48. The molecule has 1 aliphatic heterocycles. The van der Waals surface area contributed by atoms with Crippen molar-refractivity contribution >= 4 is 11.6 Å². The minimum atomic E-state index is 0.0662. The van der Waals surface area contributed by atoms with Crippen LogP contribution in [0.4, 0.5) is 0 Å². The summed E-state index contributed by atoms with van der Waals surface area (Å²) in [5.74, 6) is 0.0662. The second-order valence-electron chi connectivity index (χ2n) is 4.96. The van der Waals surface area contributed by atoms with Gasteiger partial charge in [0.15, 0.2) is 0 Å². The predicted octanol–water partition coefficient (Wildman–Crippen LogP) is 2.54. The minimum absolute atomic E-state index is 0.0662. The topological polar surface area (TPSA) is 44.7 Å². The van der Waals surface area contributed by atoms with Crippen LogP contribution in [0.1, 0.15) is 58.8 Å². The van der Waals surface area contributed by atoms with Gasteiger partial charge >= 0.3 is 0 Å². The molecule has 0 unspecified atom stereocenters. The second-order valence-corrected chi connectivity index (χ2v) is 4.96. The molecule has 0 saturated carbocycles. The molecule has 1 aliphatic rings. The van der Waals surface area contributed by atoms with Gasteiger partial charge in [0.25, 0.3) is 0 Å². The van der Waals surface area contributed by atoms with Gasteiger partial charge in [-0.25, -0.2) is 5.43 Å². The molecule has 1 amide bonds. The van der Waals surface area contributed by atoms with Gasteiger partial charge in [0, 0.05) is 38.1 Å². The fourth-order valence-corrected chi connectivity index (χ4v) is 2.15. The molecule has 1 N–H and O–H groups in total. The van der Waals surface area contributed by atoms with Gasteiger partial charge in [-0.1, -0.05) is 33.1 Å². The lowest BCUT2D eigenvalue weighted by atomic mass is 10.1. The van der Waals surface area contributed by atoms with E-state index in [1.165, 1.54) is 12.8 Å². The molecule has 0 aliphatic carbocycles. The van der Waals surface area contributed by atoms with Crippen molar-refractivity contribution in [1.29, 1.82) is 0 Å². The van der Waals surface area contributed by atoms with E-state index < -0.39 is 0 Å². The first-order chi connectivity index (χ1) is 8.76. The Labute approximate surface area is 111 Å².